The van der Waals surface area contributed by atoms with Crippen molar-refractivity contribution >= 4 is 5.97 Å². The summed E-state index contributed by atoms with van der Waals surface area (Å²) in [5, 5.41) is 0. The molecule has 0 saturated carbocycles. The van der Waals surface area contributed by atoms with Crippen LogP contribution < -0.4 is 0 Å². The molecule has 3 heteroatoms. The van der Waals surface area contributed by atoms with Gasteiger partial charge in [0.15, 0.2) is 0 Å². The minimum absolute atomic E-state index is 0.431. The second-order valence-corrected chi connectivity index (χ2v) is 5.21. The predicted octanol–water partition coefficient (Wildman–Crippen LogP) is 4.91. The summed E-state index contributed by atoms with van der Waals surface area (Å²) in [6, 6.07) is 5.57. The first-order chi connectivity index (χ1) is 9.56. The lowest BCUT2D eigenvalue weighted by molar-refractivity contribution is -0.233. The monoisotopic (exact) mass is 277 g/mol. The molecule has 1 rings (SSSR count). The van der Waals surface area contributed by atoms with Crippen molar-refractivity contribution in [2.75, 3.05) is 0 Å². The van der Waals surface area contributed by atoms with Crippen molar-refractivity contribution in [2.45, 2.75) is 59.8 Å². The molecule has 0 unspecified atom stereocenters. The Hall–Kier alpha value is -1.35. The summed E-state index contributed by atoms with van der Waals surface area (Å²) < 4.78 is 0. The zero-order valence-corrected chi connectivity index (χ0v) is 13.0. The van der Waals surface area contributed by atoms with Crippen molar-refractivity contribution in [3.05, 3.63) is 41.0 Å². The van der Waals surface area contributed by atoms with Crippen LogP contribution in [0.25, 0.3) is 0 Å². The van der Waals surface area contributed by atoms with Gasteiger partial charge in [-0.15, -0.1) is 0 Å². The van der Waals surface area contributed by atoms with Crippen molar-refractivity contribution in [3.8, 4) is 0 Å². The number of hydrogen-bond donors (Lipinski definition) is 0. The summed E-state index contributed by atoms with van der Waals surface area (Å²) in [4.78, 5) is 21.9. The van der Waals surface area contributed by atoms with Gasteiger partial charge in [-0.25, -0.2) is 4.79 Å². The summed E-state index contributed by atoms with van der Waals surface area (Å²) in [5.41, 5.74) is 2.56. The van der Waals surface area contributed by atoms with Crippen LogP contribution in [-0.4, -0.2) is 5.97 Å². The van der Waals surface area contributed by atoms with E-state index in [1.807, 2.05) is 32.9 Å². The van der Waals surface area contributed by atoms with E-state index < -0.39 is 5.97 Å². The molecule has 0 fully saturated rings. The van der Waals surface area contributed by atoms with Crippen LogP contribution in [0.1, 0.15) is 67.4 Å². The van der Waals surface area contributed by atoms with Crippen LogP contribution in [0.4, 0.5) is 0 Å². The molecule has 1 aromatic carbocycles. The Bertz CT molecular complexity index is 426. The summed E-state index contributed by atoms with van der Waals surface area (Å²) in [5.74, 6) is -0.431. The van der Waals surface area contributed by atoms with Gasteiger partial charge in [-0.3, -0.25) is 4.89 Å². The van der Waals surface area contributed by atoms with E-state index >= 15 is 0 Å². The Morgan fingerprint density at radius 2 is 1.85 bits per heavy atom. The number of aryl methyl sites for hydroxylation is 1. The van der Waals surface area contributed by atoms with Crippen molar-refractivity contribution in [1.29, 1.82) is 0 Å². The lowest BCUT2D eigenvalue weighted by Gasteiger charge is -2.11. The molecule has 0 heterocycles. The van der Waals surface area contributed by atoms with E-state index in [0.29, 0.717) is 5.56 Å². The average molecular weight is 277 g/mol. The predicted molar refractivity (Wildman–Crippen MR) is 80.1 cm³/mol. The van der Waals surface area contributed by atoms with Crippen molar-refractivity contribution in [3.63, 3.8) is 0 Å². The van der Waals surface area contributed by atoms with E-state index in [-0.39, 0.29) is 0 Å². The fourth-order valence-electron chi connectivity index (χ4n) is 1.97. The maximum Gasteiger partial charge on any atom is 0.373 e. The highest BCUT2D eigenvalue weighted by Crippen LogP contribution is 2.17. The highest BCUT2D eigenvalue weighted by atomic mass is 17.2. The van der Waals surface area contributed by atoms with Crippen LogP contribution in [0, 0.1) is 20.0 Å². The third-order valence-electron chi connectivity index (χ3n) is 3.47. The number of unbranched alkanes of at least 4 members (excludes halogenated alkanes) is 3. The zero-order valence-electron chi connectivity index (χ0n) is 13.0. The molecular formula is C17H25O3. The number of rotatable bonds is 8. The number of benzene rings is 1. The Balaban J connectivity index is 2.37. The van der Waals surface area contributed by atoms with Gasteiger partial charge in [-0.05, 0) is 44.4 Å². The van der Waals surface area contributed by atoms with Crippen LogP contribution in [0.15, 0.2) is 18.2 Å². The number of hydrogen-bond acceptors (Lipinski definition) is 3. The lowest BCUT2D eigenvalue weighted by Crippen LogP contribution is -2.10. The fraction of sp³-hybridized carbons (Fsp3) is 0.529. The highest BCUT2D eigenvalue weighted by Gasteiger charge is 2.14. The van der Waals surface area contributed by atoms with Gasteiger partial charge in [0.25, 0.3) is 0 Å². The largest absolute Gasteiger partial charge is 0.373 e. The first kappa shape index (κ1) is 16.7. The van der Waals surface area contributed by atoms with Gasteiger partial charge < -0.3 is 0 Å². The number of carbonyl (C=O) groups is 1. The topological polar surface area (TPSA) is 35.5 Å². The van der Waals surface area contributed by atoms with Crippen molar-refractivity contribution in [1.82, 2.24) is 0 Å². The van der Waals surface area contributed by atoms with E-state index in [0.717, 1.165) is 30.1 Å². The molecule has 0 aromatic heterocycles. The van der Waals surface area contributed by atoms with Crippen LogP contribution in [-0.2, 0) is 9.78 Å². The van der Waals surface area contributed by atoms with Crippen molar-refractivity contribution < 1.29 is 14.6 Å². The molecule has 0 N–H and O–H groups in total. The molecule has 0 saturated heterocycles. The van der Waals surface area contributed by atoms with Gasteiger partial charge in [0.2, 0.25) is 0 Å². The summed E-state index contributed by atoms with van der Waals surface area (Å²) in [6.07, 6.45) is 6.28. The Morgan fingerprint density at radius 3 is 2.55 bits per heavy atom. The van der Waals surface area contributed by atoms with E-state index in [1.54, 1.807) is 6.07 Å². The summed E-state index contributed by atoms with van der Waals surface area (Å²) in [6.45, 7) is 7.91. The maximum absolute atomic E-state index is 11.9. The van der Waals surface area contributed by atoms with Gasteiger partial charge in [0.1, 0.15) is 6.10 Å². The quantitative estimate of drug-likeness (QED) is 0.384. The lowest BCUT2D eigenvalue weighted by atomic mass is 10.0. The molecule has 20 heavy (non-hydrogen) atoms. The van der Waals surface area contributed by atoms with Crippen LogP contribution in [0.3, 0.4) is 0 Å². The van der Waals surface area contributed by atoms with Gasteiger partial charge >= 0.3 is 5.97 Å². The molecule has 1 aromatic rings. The van der Waals surface area contributed by atoms with Gasteiger partial charge in [0, 0.05) is 0 Å². The van der Waals surface area contributed by atoms with Gasteiger partial charge in [-0.2, -0.15) is 4.89 Å². The molecule has 111 valence electrons. The van der Waals surface area contributed by atoms with Crippen LogP contribution in [0.5, 0.6) is 0 Å². The Morgan fingerprint density at radius 1 is 1.10 bits per heavy atom. The Kier molecular flexibility index (Phi) is 7.31. The first-order valence-corrected chi connectivity index (χ1v) is 7.33. The fourth-order valence-corrected chi connectivity index (χ4v) is 1.97. The minimum atomic E-state index is -0.431. The van der Waals surface area contributed by atoms with E-state index in [9.17, 15) is 4.79 Å². The van der Waals surface area contributed by atoms with Crippen LogP contribution in [0.2, 0.25) is 0 Å². The SMILES string of the molecule is CCCCCC[C](C)OOC(=O)c1cccc(C)c1C. The molecule has 0 spiro atoms. The van der Waals surface area contributed by atoms with Crippen molar-refractivity contribution in [2.24, 2.45) is 0 Å². The van der Waals surface area contributed by atoms with E-state index in [2.05, 4.69) is 6.92 Å². The zero-order chi connectivity index (χ0) is 15.0. The van der Waals surface area contributed by atoms with Crippen LogP contribution >= 0.6 is 0 Å². The third-order valence-corrected chi connectivity index (χ3v) is 3.47. The summed E-state index contributed by atoms with van der Waals surface area (Å²) in [7, 11) is 0. The minimum Gasteiger partial charge on any atom is -0.292 e. The summed E-state index contributed by atoms with van der Waals surface area (Å²) >= 11 is 0. The molecule has 0 aliphatic heterocycles. The molecule has 0 amide bonds. The average Bonchev–Trinajstić information content (AvgIpc) is 2.44. The molecule has 3 nitrogen and oxygen atoms in total. The second kappa shape index (κ2) is 8.75. The standard InChI is InChI=1S/C17H25O3/c1-5-6-7-8-11-14(3)19-20-17(18)16-12-9-10-13(2)15(16)4/h9-10,12H,5-8,11H2,1-4H3. The van der Waals surface area contributed by atoms with E-state index in [1.165, 1.54) is 19.3 Å². The molecule has 0 atom stereocenters. The molecule has 1 radical (unpaired) electrons. The smallest absolute Gasteiger partial charge is 0.292 e. The highest BCUT2D eigenvalue weighted by molar-refractivity contribution is 5.90. The van der Waals surface area contributed by atoms with Gasteiger partial charge in [-0.1, -0.05) is 44.7 Å². The molecule has 0 bridgehead atoms. The molecule has 0 aliphatic carbocycles. The second-order valence-electron chi connectivity index (χ2n) is 5.21. The Labute approximate surface area is 122 Å². The van der Waals surface area contributed by atoms with E-state index in [4.69, 9.17) is 9.78 Å². The number of carbonyl (C=O) groups excluding carboxylic acids is 1. The normalized spacial score (nSPS) is 10.8. The molecule has 0 aliphatic rings. The molecular weight excluding hydrogens is 252 g/mol. The third kappa shape index (κ3) is 5.33. The van der Waals surface area contributed by atoms with Gasteiger partial charge in [0.05, 0.1) is 5.56 Å². The maximum atomic E-state index is 11.9. The first-order valence-electron chi connectivity index (χ1n) is 7.33.